The topological polar surface area (TPSA) is 96.8 Å². The minimum absolute atomic E-state index is 0.207. The predicted octanol–water partition coefficient (Wildman–Crippen LogP) is 1.14. The van der Waals surface area contributed by atoms with E-state index in [9.17, 15) is 17.2 Å². The van der Waals surface area contributed by atoms with E-state index in [2.05, 4.69) is 4.98 Å². The fraction of sp³-hybridized carbons (Fsp3) is 0.143. The minimum atomic E-state index is -4.15. The van der Waals surface area contributed by atoms with E-state index in [-0.39, 0.29) is 3.57 Å². The van der Waals surface area contributed by atoms with Crippen molar-refractivity contribution < 1.29 is 17.2 Å². The summed E-state index contributed by atoms with van der Waals surface area (Å²) in [5.41, 5.74) is -1.04. The second-order valence-electron chi connectivity index (χ2n) is 2.65. The van der Waals surface area contributed by atoms with Crippen LogP contribution in [-0.2, 0) is 10.0 Å². The molecule has 9 heteroatoms. The highest BCUT2D eigenvalue weighted by atomic mass is 127. The summed E-state index contributed by atoms with van der Waals surface area (Å²) in [5, 5.41) is 13.5. The van der Waals surface area contributed by atoms with Crippen molar-refractivity contribution in [3.05, 3.63) is 21.0 Å². The zero-order valence-corrected chi connectivity index (χ0v) is 10.5. The van der Waals surface area contributed by atoms with Gasteiger partial charge < -0.3 is 0 Å². The standard InChI is InChI=1S/C7H4F2IN3O2S/c8-7(9)6-5(10)3(1-11)4(2-13-6)16(12,14)15/h2,7H,(H2,12,14,15). The van der Waals surface area contributed by atoms with Crippen LogP contribution in [0.4, 0.5) is 8.78 Å². The zero-order chi connectivity index (χ0) is 12.5. The van der Waals surface area contributed by atoms with Crippen molar-refractivity contribution in [1.29, 1.82) is 5.26 Å². The van der Waals surface area contributed by atoms with Crippen LogP contribution in [0.15, 0.2) is 11.1 Å². The average Bonchev–Trinajstić information content (AvgIpc) is 2.15. The number of rotatable bonds is 2. The fourth-order valence-electron chi connectivity index (χ4n) is 0.958. The molecule has 1 aromatic rings. The van der Waals surface area contributed by atoms with E-state index >= 15 is 0 Å². The van der Waals surface area contributed by atoms with Gasteiger partial charge in [0.05, 0.1) is 9.13 Å². The monoisotopic (exact) mass is 359 g/mol. The molecule has 0 bridgehead atoms. The normalized spacial score (nSPS) is 11.5. The Balaban J connectivity index is 3.62. The van der Waals surface area contributed by atoms with Crippen LogP contribution < -0.4 is 5.14 Å². The third kappa shape index (κ3) is 2.45. The Kier molecular flexibility index (Phi) is 3.76. The molecule has 0 unspecified atom stereocenters. The van der Waals surface area contributed by atoms with Crippen LogP contribution in [0, 0.1) is 14.9 Å². The van der Waals surface area contributed by atoms with Crippen LogP contribution in [0.2, 0.25) is 0 Å². The number of pyridine rings is 1. The van der Waals surface area contributed by atoms with E-state index in [0.717, 1.165) is 0 Å². The van der Waals surface area contributed by atoms with Gasteiger partial charge in [-0.3, -0.25) is 4.98 Å². The van der Waals surface area contributed by atoms with Gasteiger partial charge in [0.1, 0.15) is 16.7 Å². The second kappa shape index (κ2) is 4.56. The maximum absolute atomic E-state index is 12.4. The molecule has 1 heterocycles. The number of hydrogen-bond donors (Lipinski definition) is 1. The molecule has 5 nitrogen and oxygen atoms in total. The van der Waals surface area contributed by atoms with E-state index < -0.39 is 32.6 Å². The molecule has 0 atom stereocenters. The summed E-state index contributed by atoms with van der Waals surface area (Å²) >= 11 is 1.44. The van der Waals surface area contributed by atoms with Crippen LogP contribution in [0.3, 0.4) is 0 Å². The SMILES string of the molecule is N#Cc1c(S(N)(=O)=O)cnc(C(F)F)c1I. The molecule has 0 aliphatic carbocycles. The number of primary sulfonamides is 1. The summed E-state index contributed by atoms with van der Waals surface area (Å²) in [4.78, 5) is 2.73. The molecule has 86 valence electrons. The molecule has 0 fully saturated rings. The highest BCUT2D eigenvalue weighted by Crippen LogP contribution is 2.27. The third-order valence-corrected chi connectivity index (χ3v) is 3.65. The highest BCUT2D eigenvalue weighted by Gasteiger charge is 2.23. The van der Waals surface area contributed by atoms with E-state index in [0.29, 0.717) is 6.20 Å². The fourth-order valence-corrected chi connectivity index (χ4v) is 2.56. The zero-order valence-electron chi connectivity index (χ0n) is 7.49. The lowest BCUT2D eigenvalue weighted by Gasteiger charge is -2.07. The number of halogens is 3. The van der Waals surface area contributed by atoms with Crippen molar-refractivity contribution in [2.45, 2.75) is 11.3 Å². The maximum Gasteiger partial charge on any atom is 0.281 e. The minimum Gasteiger partial charge on any atom is -0.253 e. The molecular weight excluding hydrogens is 355 g/mol. The smallest absolute Gasteiger partial charge is 0.253 e. The first-order valence-electron chi connectivity index (χ1n) is 3.68. The predicted molar refractivity (Wildman–Crippen MR) is 58.0 cm³/mol. The van der Waals surface area contributed by atoms with E-state index in [1.165, 1.54) is 28.7 Å². The molecule has 0 saturated carbocycles. The summed E-state index contributed by atoms with van der Waals surface area (Å²) in [6, 6.07) is 1.53. The van der Waals surface area contributed by atoms with Gasteiger partial charge in [-0.05, 0) is 22.6 Å². The number of alkyl halides is 2. The van der Waals surface area contributed by atoms with Gasteiger partial charge in [0, 0.05) is 6.20 Å². The van der Waals surface area contributed by atoms with Crippen molar-refractivity contribution in [1.82, 2.24) is 4.98 Å². The van der Waals surface area contributed by atoms with Crippen molar-refractivity contribution in [2.24, 2.45) is 5.14 Å². The van der Waals surface area contributed by atoms with Crippen LogP contribution >= 0.6 is 22.6 Å². The van der Waals surface area contributed by atoms with Crippen molar-refractivity contribution in [2.75, 3.05) is 0 Å². The first-order valence-corrected chi connectivity index (χ1v) is 6.31. The van der Waals surface area contributed by atoms with Gasteiger partial charge in [0.25, 0.3) is 6.43 Å². The van der Waals surface area contributed by atoms with E-state index in [1.54, 1.807) is 0 Å². The lowest BCUT2D eigenvalue weighted by atomic mass is 10.2. The molecule has 0 radical (unpaired) electrons. The van der Waals surface area contributed by atoms with Crippen molar-refractivity contribution >= 4 is 32.6 Å². The molecule has 0 saturated heterocycles. The Morgan fingerprint density at radius 2 is 2.12 bits per heavy atom. The molecule has 1 aromatic heterocycles. The van der Waals surface area contributed by atoms with Gasteiger partial charge in [-0.25, -0.2) is 22.3 Å². The second-order valence-corrected chi connectivity index (χ2v) is 5.26. The molecule has 0 aliphatic heterocycles. The number of hydrogen-bond acceptors (Lipinski definition) is 4. The summed E-state index contributed by atoms with van der Waals surface area (Å²) in [6.07, 6.45) is -2.22. The van der Waals surface area contributed by atoms with Crippen molar-refractivity contribution in [3.8, 4) is 6.07 Å². The Morgan fingerprint density at radius 3 is 2.50 bits per heavy atom. The lowest BCUT2D eigenvalue weighted by molar-refractivity contribution is 0.145. The van der Waals surface area contributed by atoms with Gasteiger partial charge in [0.2, 0.25) is 10.0 Å². The molecule has 0 aromatic carbocycles. The van der Waals surface area contributed by atoms with E-state index in [4.69, 9.17) is 10.4 Å². The summed E-state index contributed by atoms with van der Waals surface area (Å²) in [7, 11) is -4.15. The molecule has 16 heavy (non-hydrogen) atoms. The largest absolute Gasteiger partial charge is 0.281 e. The molecule has 0 amide bonds. The molecular formula is C7H4F2IN3O2S. The number of nitrogens with zero attached hydrogens (tertiary/aromatic N) is 2. The summed E-state index contributed by atoms with van der Waals surface area (Å²) in [6.45, 7) is 0. The molecule has 2 N–H and O–H groups in total. The van der Waals surface area contributed by atoms with Crippen LogP contribution in [0.5, 0.6) is 0 Å². The summed E-state index contributed by atoms with van der Waals surface area (Å²) < 4.78 is 46.7. The van der Waals surface area contributed by atoms with Gasteiger partial charge in [0.15, 0.2) is 0 Å². The number of nitriles is 1. The van der Waals surface area contributed by atoms with Gasteiger partial charge in [-0.2, -0.15) is 5.26 Å². The van der Waals surface area contributed by atoms with Crippen LogP contribution in [-0.4, -0.2) is 13.4 Å². The maximum atomic E-state index is 12.4. The molecule has 0 aliphatic rings. The van der Waals surface area contributed by atoms with Gasteiger partial charge in [-0.1, -0.05) is 0 Å². The molecule has 1 rings (SSSR count). The van der Waals surface area contributed by atoms with E-state index in [1.807, 2.05) is 0 Å². The van der Waals surface area contributed by atoms with Crippen molar-refractivity contribution in [3.63, 3.8) is 0 Å². The Hall–Kier alpha value is -0.860. The lowest BCUT2D eigenvalue weighted by Crippen LogP contribution is -2.16. The number of sulfonamides is 1. The Labute approximate surface area is 103 Å². The van der Waals surface area contributed by atoms with Crippen LogP contribution in [0.25, 0.3) is 0 Å². The summed E-state index contributed by atoms with van der Waals surface area (Å²) in [5.74, 6) is 0. The number of nitrogens with two attached hydrogens (primary N) is 1. The Morgan fingerprint density at radius 1 is 1.56 bits per heavy atom. The third-order valence-electron chi connectivity index (χ3n) is 1.64. The first kappa shape index (κ1) is 13.2. The van der Waals surface area contributed by atoms with Crippen LogP contribution in [0.1, 0.15) is 17.7 Å². The quantitative estimate of drug-likeness (QED) is 0.801. The number of aromatic nitrogens is 1. The molecule has 0 spiro atoms. The van der Waals surface area contributed by atoms with Gasteiger partial charge >= 0.3 is 0 Å². The first-order chi connectivity index (χ1) is 7.29. The Bertz CT molecular complexity index is 568. The van der Waals surface area contributed by atoms with Gasteiger partial charge in [-0.15, -0.1) is 0 Å². The average molecular weight is 359 g/mol. The highest BCUT2D eigenvalue weighted by molar-refractivity contribution is 14.1.